The van der Waals surface area contributed by atoms with Gasteiger partial charge in [-0.3, -0.25) is 0 Å². The molecule has 4 aromatic carbocycles. The third-order valence-electron chi connectivity index (χ3n) is 8.21. The standard InChI is InChI=1S/C35H38N6O2.C2H2/c1-5-17-41(34(42)43-35(2,3)4)20-30-37-27-14-10-23-18-21(8-12-25(23)31(27)39-30)22-9-13-26-24(19-22)11-15-28-32(26)40-33(38-28)29-7-6-16-36-29;1-2/h8-15,18-19,29,36H,5-7,16-17,20H2,1-4H3,(H,37,39)(H,38,40);1-2H/t29-;/m0./s1. The third-order valence-corrected chi connectivity index (χ3v) is 8.21. The number of carbonyl (C=O) groups excluding carboxylic acids is 1. The van der Waals surface area contributed by atoms with Crippen molar-refractivity contribution in [1.29, 1.82) is 0 Å². The zero-order valence-corrected chi connectivity index (χ0v) is 26.4. The van der Waals surface area contributed by atoms with Crippen LogP contribution in [-0.4, -0.2) is 49.6 Å². The summed E-state index contributed by atoms with van der Waals surface area (Å²) in [4.78, 5) is 31.4. The van der Waals surface area contributed by atoms with Gasteiger partial charge in [-0.15, -0.1) is 12.8 Å². The van der Waals surface area contributed by atoms with Gasteiger partial charge in [0.25, 0.3) is 0 Å². The second-order valence-corrected chi connectivity index (χ2v) is 12.7. The van der Waals surface area contributed by atoms with E-state index in [1.54, 1.807) is 4.90 Å². The lowest BCUT2D eigenvalue weighted by Gasteiger charge is -2.26. The first kappa shape index (κ1) is 30.2. The molecule has 8 nitrogen and oxygen atoms in total. The minimum absolute atomic E-state index is 0.316. The Morgan fingerprint density at radius 1 is 0.911 bits per heavy atom. The summed E-state index contributed by atoms with van der Waals surface area (Å²) in [5.41, 5.74) is 5.76. The highest BCUT2D eigenvalue weighted by Crippen LogP contribution is 2.33. The van der Waals surface area contributed by atoms with Crippen LogP contribution in [-0.2, 0) is 11.3 Å². The van der Waals surface area contributed by atoms with Gasteiger partial charge < -0.3 is 24.9 Å². The first-order valence-corrected chi connectivity index (χ1v) is 15.6. The first-order chi connectivity index (χ1) is 21.8. The second kappa shape index (κ2) is 12.3. The van der Waals surface area contributed by atoms with E-state index < -0.39 is 5.60 Å². The van der Waals surface area contributed by atoms with E-state index in [4.69, 9.17) is 14.7 Å². The summed E-state index contributed by atoms with van der Waals surface area (Å²) in [5, 5.41) is 8.09. The number of amides is 1. The lowest BCUT2D eigenvalue weighted by atomic mass is 9.98. The fourth-order valence-electron chi connectivity index (χ4n) is 6.20. The molecule has 6 aromatic rings. The maximum absolute atomic E-state index is 12.8. The monoisotopic (exact) mass is 600 g/mol. The highest BCUT2D eigenvalue weighted by molar-refractivity contribution is 6.07. The predicted molar refractivity (Wildman–Crippen MR) is 183 cm³/mol. The van der Waals surface area contributed by atoms with Gasteiger partial charge in [0.15, 0.2) is 0 Å². The van der Waals surface area contributed by atoms with Gasteiger partial charge in [0.05, 0.1) is 34.7 Å². The molecule has 0 bridgehead atoms. The van der Waals surface area contributed by atoms with Gasteiger partial charge >= 0.3 is 6.09 Å². The largest absolute Gasteiger partial charge is 0.444 e. The molecule has 1 amide bonds. The van der Waals surface area contributed by atoms with E-state index in [2.05, 4.69) is 95.7 Å². The Morgan fingerprint density at radius 3 is 2.11 bits per heavy atom. The Bertz CT molecular complexity index is 2020. The number of hydrogen-bond donors (Lipinski definition) is 3. The maximum Gasteiger partial charge on any atom is 0.410 e. The summed E-state index contributed by atoms with van der Waals surface area (Å²) >= 11 is 0. The van der Waals surface area contributed by atoms with Crippen molar-refractivity contribution < 1.29 is 9.53 Å². The van der Waals surface area contributed by atoms with E-state index in [-0.39, 0.29) is 6.09 Å². The van der Waals surface area contributed by atoms with Crippen molar-refractivity contribution in [2.75, 3.05) is 13.1 Å². The molecule has 1 aliphatic heterocycles. The highest BCUT2D eigenvalue weighted by Gasteiger charge is 2.23. The van der Waals surface area contributed by atoms with Gasteiger partial charge in [-0.2, -0.15) is 0 Å². The summed E-state index contributed by atoms with van der Waals surface area (Å²) < 4.78 is 5.63. The van der Waals surface area contributed by atoms with Crippen molar-refractivity contribution in [2.45, 2.75) is 65.1 Å². The molecule has 1 atom stereocenters. The summed E-state index contributed by atoms with van der Waals surface area (Å²) in [6.45, 7) is 9.74. The van der Waals surface area contributed by atoms with E-state index in [1.165, 1.54) is 11.8 Å². The molecule has 1 saturated heterocycles. The molecule has 45 heavy (non-hydrogen) atoms. The molecule has 0 spiro atoms. The van der Waals surface area contributed by atoms with E-state index in [9.17, 15) is 4.79 Å². The van der Waals surface area contributed by atoms with Crippen molar-refractivity contribution in [3.63, 3.8) is 0 Å². The molecule has 7 rings (SSSR count). The average molecular weight is 601 g/mol. The average Bonchev–Trinajstić information content (AvgIpc) is 3.80. The molecule has 0 saturated carbocycles. The molecule has 1 aliphatic rings. The topological polar surface area (TPSA) is 98.9 Å². The van der Waals surface area contributed by atoms with E-state index in [0.717, 1.165) is 80.4 Å². The van der Waals surface area contributed by atoms with Gasteiger partial charge in [-0.1, -0.05) is 43.3 Å². The molecule has 3 N–H and O–H groups in total. The van der Waals surface area contributed by atoms with Gasteiger partial charge in [-0.05, 0) is 92.7 Å². The minimum atomic E-state index is -0.544. The van der Waals surface area contributed by atoms with Crippen LogP contribution in [0.1, 0.15) is 64.6 Å². The first-order valence-electron chi connectivity index (χ1n) is 15.6. The predicted octanol–water partition coefficient (Wildman–Crippen LogP) is 8.23. The van der Waals surface area contributed by atoms with Crippen LogP contribution < -0.4 is 5.32 Å². The van der Waals surface area contributed by atoms with Crippen LogP contribution in [0.5, 0.6) is 0 Å². The van der Waals surface area contributed by atoms with Crippen molar-refractivity contribution in [2.24, 2.45) is 0 Å². The van der Waals surface area contributed by atoms with E-state index in [1.807, 2.05) is 20.8 Å². The molecule has 8 heteroatoms. The molecule has 1 fully saturated rings. The number of rotatable bonds is 6. The lowest BCUT2D eigenvalue weighted by Crippen LogP contribution is -2.37. The normalized spacial score (nSPS) is 15.0. The number of ether oxygens (including phenoxy) is 1. The smallest absolute Gasteiger partial charge is 0.410 e. The van der Waals surface area contributed by atoms with Crippen LogP contribution in [0.3, 0.4) is 0 Å². The van der Waals surface area contributed by atoms with Crippen LogP contribution >= 0.6 is 0 Å². The summed E-state index contributed by atoms with van der Waals surface area (Å²) in [5.74, 6) is 1.78. The number of terminal acetylenes is 1. The zero-order chi connectivity index (χ0) is 31.7. The van der Waals surface area contributed by atoms with Crippen molar-refractivity contribution in [3.05, 3.63) is 72.3 Å². The van der Waals surface area contributed by atoms with Crippen molar-refractivity contribution >= 4 is 49.7 Å². The Labute approximate surface area is 263 Å². The number of aromatic amines is 2. The Balaban J connectivity index is 0.00000175. The highest BCUT2D eigenvalue weighted by atomic mass is 16.6. The molecule has 0 unspecified atom stereocenters. The lowest BCUT2D eigenvalue weighted by molar-refractivity contribution is 0.0229. The van der Waals surface area contributed by atoms with Crippen LogP contribution in [0.25, 0.3) is 54.7 Å². The minimum Gasteiger partial charge on any atom is -0.444 e. The van der Waals surface area contributed by atoms with Gasteiger partial charge in [0, 0.05) is 17.3 Å². The van der Waals surface area contributed by atoms with E-state index >= 15 is 0 Å². The number of nitrogens with zero attached hydrogens (tertiary/aromatic N) is 3. The number of hydrogen-bond acceptors (Lipinski definition) is 5. The number of imidazole rings is 2. The molecule has 230 valence electrons. The van der Waals surface area contributed by atoms with Crippen LogP contribution in [0, 0.1) is 12.8 Å². The molecular formula is C37H40N6O2. The van der Waals surface area contributed by atoms with Gasteiger partial charge in [0.2, 0.25) is 0 Å². The summed E-state index contributed by atoms with van der Waals surface area (Å²) in [7, 11) is 0. The molecule has 0 aliphatic carbocycles. The third kappa shape index (κ3) is 6.09. The molecule has 3 heterocycles. The summed E-state index contributed by atoms with van der Waals surface area (Å²) in [6, 6.07) is 22.0. The van der Waals surface area contributed by atoms with Crippen LogP contribution in [0.4, 0.5) is 4.79 Å². The van der Waals surface area contributed by atoms with E-state index in [0.29, 0.717) is 19.1 Å². The summed E-state index contributed by atoms with van der Waals surface area (Å²) in [6.07, 6.45) is 10.8. The number of benzene rings is 4. The fourth-order valence-corrected chi connectivity index (χ4v) is 6.20. The zero-order valence-electron chi connectivity index (χ0n) is 26.4. The number of carbonyl (C=O) groups is 1. The maximum atomic E-state index is 12.8. The molecule has 2 aromatic heterocycles. The quantitative estimate of drug-likeness (QED) is 0.167. The van der Waals surface area contributed by atoms with Crippen LogP contribution in [0.15, 0.2) is 60.7 Å². The Kier molecular flexibility index (Phi) is 8.22. The van der Waals surface area contributed by atoms with Crippen molar-refractivity contribution in [1.82, 2.24) is 30.2 Å². The molecular weight excluding hydrogens is 560 g/mol. The van der Waals surface area contributed by atoms with Crippen LogP contribution in [0.2, 0.25) is 0 Å². The Hall–Kier alpha value is -4.87. The Morgan fingerprint density at radius 2 is 1.53 bits per heavy atom. The number of fused-ring (bicyclic) bond motifs is 6. The number of H-pyrrole nitrogens is 2. The number of nitrogens with one attached hydrogen (secondary N) is 3. The van der Waals surface area contributed by atoms with Gasteiger partial charge in [0.1, 0.15) is 17.2 Å². The van der Waals surface area contributed by atoms with Crippen molar-refractivity contribution in [3.8, 4) is 24.0 Å². The number of aromatic nitrogens is 4. The SMILES string of the molecule is C#C.CCCN(Cc1nc2c(ccc3cc(-c4ccc5c(ccc6[nH]c([C@@H]7CCCN7)nc65)c4)ccc32)[nH]1)C(=O)OC(C)(C)C. The second-order valence-electron chi connectivity index (χ2n) is 12.7. The molecule has 0 radical (unpaired) electrons. The fraction of sp³-hybridized carbons (Fsp3) is 0.324. The van der Waals surface area contributed by atoms with Gasteiger partial charge in [-0.25, -0.2) is 14.8 Å².